The van der Waals surface area contributed by atoms with Crippen molar-refractivity contribution in [1.29, 1.82) is 0 Å². The molecule has 1 aliphatic rings. The Morgan fingerprint density at radius 1 is 0.875 bits per heavy atom. The summed E-state index contributed by atoms with van der Waals surface area (Å²) in [6.45, 7) is 22.2. The van der Waals surface area contributed by atoms with Crippen LogP contribution in [0.15, 0.2) is 71.6 Å². The van der Waals surface area contributed by atoms with Crippen LogP contribution in [0.2, 0.25) is 0 Å². The second-order valence-electron chi connectivity index (χ2n) is 18.4. The predicted molar refractivity (Wildman–Crippen MR) is 253 cm³/mol. The molecule has 1 aliphatic heterocycles. The van der Waals surface area contributed by atoms with Gasteiger partial charge in [-0.2, -0.15) is 0 Å². The number of thioether (sulfide) groups is 1. The van der Waals surface area contributed by atoms with E-state index in [1.54, 1.807) is 72.2 Å². The number of esters is 1. The van der Waals surface area contributed by atoms with Crippen LogP contribution in [0.5, 0.6) is 23.0 Å². The summed E-state index contributed by atoms with van der Waals surface area (Å²) >= 11 is 1.48. The summed E-state index contributed by atoms with van der Waals surface area (Å²) in [5.74, 6) is 1.91. The Morgan fingerprint density at radius 3 is 2.17 bits per heavy atom. The molecule has 2 unspecified atom stereocenters. The highest BCUT2D eigenvalue weighted by atomic mass is 32.2. The van der Waals surface area contributed by atoms with E-state index in [4.69, 9.17) is 33.2 Å². The first-order valence-electron chi connectivity index (χ1n) is 21.7. The molecular weight excluding hydrogens is 833 g/mol. The number of methoxy groups -OCH3 is 1. The van der Waals surface area contributed by atoms with Crippen LogP contribution in [0.1, 0.15) is 95.2 Å². The minimum Gasteiger partial charge on any atom is -0.489 e. The van der Waals surface area contributed by atoms with Crippen molar-refractivity contribution in [1.82, 2.24) is 0 Å². The van der Waals surface area contributed by atoms with Gasteiger partial charge in [0.2, 0.25) is 0 Å². The Kier molecular flexibility index (Phi) is 16.3. The van der Waals surface area contributed by atoms with Gasteiger partial charge in [-0.05, 0) is 144 Å². The van der Waals surface area contributed by atoms with Crippen LogP contribution in [0, 0.1) is 20.8 Å². The minimum atomic E-state index is -0.752. The molecule has 0 spiro atoms. The van der Waals surface area contributed by atoms with Crippen molar-refractivity contribution >= 4 is 41.1 Å². The zero-order chi connectivity index (χ0) is 47.0. The molecule has 346 valence electrons. The second-order valence-corrected chi connectivity index (χ2v) is 19.7. The molecule has 2 amide bonds. The first kappa shape index (κ1) is 49.6. The lowest BCUT2D eigenvalue weighted by Gasteiger charge is -2.38. The number of benzene rings is 4. The summed E-state index contributed by atoms with van der Waals surface area (Å²) in [7, 11) is 3.18. The van der Waals surface area contributed by atoms with Gasteiger partial charge in [0.25, 0.3) is 5.91 Å². The van der Waals surface area contributed by atoms with E-state index in [-0.39, 0.29) is 31.4 Å². The molecular formula is C51H66N2O10S. The lowest BCUT2D eigenvalue weighted by molar-refractivity contribution is -0.142. The first-order chi connectivity index (χ1) is 30.1. The topological polar surface area (TPSA) is 131 Å². The molecule has 0 aliphatic carbocycles. The summed E-state index contributed by atoms with van der Waals surface area (Å²) < 4.78 is 41.1. The summed E-state index contributed by atoms with van der Waals surface area (Å²) in [6.07, 6.45) is 1.32. The van der Waals surface area contributed by atoms with E-state index in [1.807, 2.05) is 52.0 Å². The number of carbonyl (C=O) groups is 3. The molecule has 0 fully saturated rings. The third kappa shape index (κ3) is 13.1. The van der Waals surface area contributed by atoms with Crippen LogP contribution in [0.4, 0.5) is 16.2 Å². The van der Waals surface area contributed by atoms with Crippen molar-refractivity contribution in [3.63, 3.8) is 0 Å². The Labute approximate surface area is 383 Å². The van der Waals surface area contributed by atoms with Crippen LogP contribution < -0.4 is 29.2 Å². The molecule has 0 saturated heterocycles. The molecule has 5 rings (SSSR count). The van der Waals surface area contributed by atoms with E-state index in [1.165, 1.54) is 22.2 Å². The average Bonchev–Trinajstić information content (AvgIpc) is 3.24. The lowest BCUT2D eigenvalue weighted by Crippen LogP contribution is -2.42. The molecule has 4 aromatic rings. The molecule has 13 heteroatoms. The van der Waals surface area contributed by atoms with Crippen LogP contribution >= 0.6 is 11.8 Å². The van der Waals surface area contributed by atoms with Crippen molar-refractivity contribution in [2.24, 2.45) is 0 Å². The van der Waals surface area contributed by atoms with Gasteiger partial charge in [0.1, 0.15) is 46.1 Å². The Morgan fingerprint density at radius 2 is 1.55 bits per heavy atom. The number of nitrogens with zero attached hydrogens (tertiary/aromatic N) is 1. The molecule has 1 heterocycles. The van der Waals surface area contributed by atoms with Crippen molar-refractivity contribution in [2.75, 3.05) is 51.0 Å². The molecule has 2 atom stereocenters. The highest BCUT2D eigenvalue weighted by molar-refractivity contribution is 8.00. The van der Waals surface area contributed by atoms with Crippen LogP contribution in [-0.4, -0.2) is 75.2 Å². The monoisotopic (exact) mass is 898 g/mol. The van der Waals surface area contributed by atoms with E-state index in [2.05, 4.69) is 38.2 Å². The standard InChI is InChI=1S/C51H66N2O10S/c1-14-58-47(55)43(64-39-22-17-36(18-23-39)49(5,6)7)27-35-15-19-37(20-16-35)59-29-44(54)52-41-24-21-38(28-42(41)53(12)48(56)63-50(8,9)10)60-30-51(11)26-25-40-34(4)45(61-31-57-13)32(2)33(3)46(40)62-51/h15-24,28,43H,14,25-27,29-31H2,1-13H3,(H,52,54). The highest BCUT2D eigenvalue weighted by Gasteiger charge is 2.36. The number of anilines is 2. The van der Waals surface area contributed by atoms with Crippen LogP contribution in [-0.2, 0) is 42.1 Å². The fraction of sp³-hybridized carbons (Fsp3) is 0.471. The SMILES string of the molecule is CCOC(=O)C(Cc1ccc(OCC(=O)Nc2ccc(OCC3(C)CCc4c(C)c(OCOC)c(C)c(C)c4O3)cc2N(C)C(=O)OC(C)(C)C)cc1)Sc1ccc(C(C)(C)C)cc1. The van der Waals surface area contributed by atoms with Gasteiger partial charge in [0.05, 0.1) is 18.0 Å². The molecule has 0 saturated carbocycles. The largest absolute Gasteiger partial charge is 0.489 e. The molecule has 0 aromatic heterocycles. The number of hydrogen-bond donors (Lipinski definition) is 1. The van der Waals surface area contributed by atoms with Crippen LogP contribution in [0.25, 0.3) is 0 Å². The van der Waals surface area contributed by atoms with Gasteiger partial charge in [-0.1, -0.05) is 45.0 Å². The van der Waals surface area contributed by atoms with Gasteiger partial charge in [0.15, 0.2) is 13.4 Å². The molecule has 64 heavy (non-hydrogen) atoms. The number of nitrogens with one attached hydrogen (secondary N) is 1. The fourth-order valence-corrected chi connectivity index (χ4v) is 8.31. The number of carbonyl (C=O) groups excluding carboxylic acids is 3. The molecule has 0 radical (unpaired) electrons. The maximum Gasteiger partial charge on any atom is 0.414 e. The normalized spacial score (nSPS) is 15.3. The zero-order valence-corrected chi connectivity index (χ0v) is 40.6. The first-order valence-corrected chi connectivity index (χ1v) is 22.6. The van der Waals surface area contributed by atoms with E-state index < -0.39 is 28.5 Å². The Balaban J connectivity index is 1.25. The quantitative estimate of drug-likeness (QED) is 0.0617. The van der Waals surface area contributed by atoms with Gasteiger partial charge in [-0.15, -0.1) is 11.8 Å². The lowest BCUT2D eigenvalue weighted by atomic mass is 9.87. The number of amides is 2. The number of hydrogen-bond acceptors (Lipinski definition) is 11. The third-order valence-electron chi connectivity index (χ3n) is 11.0. The van der Waals surface area contributed by atoms with Crippen molar-refractivity contribution in [3.8, 4) is 23.0 Å². The van der Waals surface area contributed by atoms with Gasteiger partial charge in [0, 0.05) is 30.7 Å². The van der Waals surface area contributed by atoms with E-state index in [9.17, 15) is 14.4 Å². The van der Waals surface area contributed by atoms with E-state index >= 15 is 0 Å². The Bertz CT molecular complexity index is 2260. The smallest absolute Gasteiger partial charge is 0.414 e. The third-order valence-corrected chi connectivity index (χ3v) is 12.2. The van der Waals surface area contributed by atoms with Gasteiger partial charge >= 0.3 is 12.1 Å². The predicted octanol–water partition coefficient (Wildman–Crippen LogP) is 10.7. The van der Waals surface area contributed by atoms with Crippen LogP contribution in [0.3, 0.4) is 0 Å². The maximum absolute atomic E-state index is 13.4. The summed E-state index contributed by atoms with van der Waals surface area (Å²) in [6, 6.07) is 20.7. The molecule has 12 nitrogen and oxygen atoms in total. The molecule has 1 N–H and O–H groups in total. The number of rotatable bonds is 17. The fourth-order valence-electron chi connectivity index (χ4n) is 7.24. The van der Waals surface area contributed by atoms with Crippen molar-refractivity contribution in [3.05, 3.63) is 100 Å². The number of fused-ring (bicyclic) bond motifs is 1. The zero-order valence-electron chi connectivity index (χ0n) is 39.8. The average molecular weight is 899 g/mol. The second kappa shape index (κ2) is 21.1. The van der Waals surface area contributed by atoms with Gasteiger partial charge in [-0.3, -0.25) is 14.5 Å². The molecule has 4 aromatic carbocycles. The van der Waals surface area contributed by atoms with Crippen molar-refractivity contribution in [2.45, 2.75) is 122 Å². The summed E-state index contributed by atoms with van der Waals surface area (Å²) in [5.41, 5.74) is 5.66. The molecule has 0 bridgehead atoms. The highest BCUT2D eigenvalue weighted by Crippen LogP contribution is 2.44. The van der Waals surface area contributed by atoms with Gasteiger partial charge in [-0.25, -0.2) is 4.79 Å². The van der Waals surface area contributed by atoms with E-state index in [0.29, 0.717) is 42.3 Å². The van der Waals surface area contributed by atoms with E-state index in [0.717, 1.165) is 50.6 Å². The minimum absolute atomic E-state index is 0.0294. The maximum atomic E-state index is 13.4. The van der Waals surface area contributed by atoms with Gasteiger partial charge < -0.3 is 38.5 Å². The summed E-state index contributed by atoms with van der Waals surface area (Å²) in [5, 5.41) is 2.45. The number of ether oxygens (including phenoxy) is 7. The summed E-state index contributed by atoms with van der Waals surface area (Å²) in [4.78, 5) is 42.0. The Hall–Kier alpha value is -5.40. The van der Waals surface area contributed by atoms with Crippen molar-refractivity contribution < 1.29 is 47.5 Å².